The maximum atomic E-state index is 13.1. The minimum atomic E-state index is -1.02. The zero-order valence-corrected chi connectivity index (χ0v) is 30.8. The second-order valence-electron chi connectivity index (χ2n) is 12.1. The summed E-state index contributed by atoms with van der Waals surface area (Å²) in [6, 6.07) is 36.5. The summed E-state index contributed by atoms with van der Waals surface area (Å²) in [6.45, 7) is 0. The number of nitrogens with zero attached hydrogens (tertiary/aromatic N) is 4. The van der Waals surface area contributed by atoms with E-state index < -0.39 is 5.97 Å². The number of anilines is 4. The molecule has 0 aliphatic carbocycles. The largest absolute Gasteiger partial charge is 0.512 e. The van der Waals surface area contributed by atoms with Gasteiger partial charge in [0.1, 0.15) is 0 Å². The first-order valence-electron chi connectivity index (χ1n) is 14.9. The van der Waals surface area contributed by atoms with Crippen molar-refractivity contribution in [2.75, 3.05) is 76.0 Å². The molecular weight excluding hydrogens is 645 g/mol. The molecule has 5 rings (SSSR count). The van der Waals surface area contributed by atoms with Crippen molar-refractivity contribution in [2.45, 2.75) is 0 Å². The molecule has 0 aromatic heterocycles. The van der Waals surface area contributed by atoms with E-state index in [0.29, 0.717) is 5.56 Å². The van der Waals surface area contributed by atoms with Gasteiger partial charge in [-0.2, -0.15) is 0 Å². The average Bonchev–Trinajstić information content (AvgIpc) is 3.04. The van der Waals surface area contributed by atoms with Crippen molar-refractivity contribution in [1.29, 1.82) is 0 Å². The van der Waals surface area contributed by atoms with Gasteiger partial charge < -0.3 is 24.7 Å². The molecular formula is C39H41N4O2Y-. The fourth-order valence-corrected chi connectivity index (χ4v) is 5.57. The normalized spacial score (nSPS) is 10.6. The molecule has 46 heavy (non-hydrogen) atoms. The molecule has 0 aliphatic rings. The third-order valence-electron chi connectivity index (χ3n) is 8.15. The smallest absolute Gasteiger partial charge is 0.266 e. The van der Waals surface area contributed by atoms with Gasteiger partial charge in [0.15, 0.2) is 0 Å². The zero-order valence-electron chi connectivity index (χ0n) is 28.0. The Morgan fingerprint density at radius 1 is 0.457 bits per heavy atom. The van der Waals surface area contributed by atoms with Gasteiger partial charge in [0.25, 0.3) is 5.97 Å². The van der Waals surface area contributed by atoms with Crippen LogP contribution in [-0.4, -0.2) is 67.5 Å². The summed E-state index contributed by atoms with van der Waals surface area (Å²) in [5.41, 5.74) is 11.2. The number of carboxylic acids is 1. The first-order chi connectivity index (χ1) is 21.5. The average molecular weight is 687 g/mol. The second kappa shape index (κ2) is 14.5. The van der Waals surface area contributed by atoms with Crippen molar-refractivity contribution >= 4 is 28.7 Å². The van der Waals surface area contributed by atoms with Gasteiger partial charge in [0.2, 0.25) is 0 Å². The molecule has 0 fully saturated rings. The molecule has 5 aromatic rings. The van der Waals surface area contributed by atoms with E-state index in [-0.39, 0.29) is 38.3 Å². The van der Waals surface area contributed by atoms with Gasteiger partial charge >= 0.3 is 0 Å². The van der Waals surface area contributed by atoms with Gasteiger partial charge in [-0.05, 0) is 59.7 Å². The monoisotopic (exact) mass is 686 g/mol. The van der Waals surface area contributed by atoms with Crippen molar-refractivity contribution in [3.63, 3.8) is 0 Å². The molecule has 0 saturated heterocycles. The molecule has 233 valence electrons. The van der Waals surface area contributed by atoms with Crippen LogP contribution in [0.2, 0.25) is 0 Å². The molecule has 0 aliphatic heterocycles. The zero-order chi connectivity index (χ0) is 32.4. The van der Waals surface area contributed by atoms with E-state index in [9.17, 15) is 9.90 Å². The maximum absolute atomic E-state index is 13.1. The molecule has 5 aromatic carbocycles. The van der Waals surface area contributed by atoms with Gasteiger partial charge in [-0.25, -0.2) is 0 Å². The minimum absolute atomic E-state index is 0. The first-order valence-corrected chi connectivity index (χ1v) is 14.9. The molecule has 0 heterocycles. The standard InChI is InChI=1S/C39H41N4O2.Y/c1-40(2)30-17-9-26(10-18-30)34-25-35(39(44)45)37(28-13-21-32(22-14-28)42(5)6)38(29-15-23-33(24-16-29)43(7)8)36(34)27-11-19-31(20-12-27)41(3)4;/h9-24H,1-8H3,(H,44,45);/q-1;. The molecule has 0 atom stereocenters. The molecule has 7 heteroatoms. The number of benzene rings is 5. The number of hydrogen-bond donors (Lipinski definition) is 1. The van der Waals surface area contributed by atoms with Gasteiger partial charge in [0.05, 0.1) is 0 Å². The van der Waals surface area contributed by atoms with Crippen LogP contribution in [0.15, 0.2) is 97.1 Å². The Bertz CT molecular complexity index is 1790. The van der Waals surface area contributed by atoms with Crippen LogP contribution in [0.4, 0.5) is 22.7 Å². The quantitative estimate of drug-likeness (QED) is 0.158. The van der Waals surface area contributed by atoms with Crippen LogP contribution in [0, 0.1) is 6.07 Å². The predicted octanol–water partition coefficient (Wildman–Crippen LogP) is 8.11. The molecule has 0 amide bonds. The van der Waals surface area contributed by atoms with Gasteiger partial charge in [0, 0.05) is 112 Å². The second-order valence-corrected chi connectivity index (χ2v) is 12.1. The summed E-state index contributed by atoms with van der Waals surface area (Å²) in [5, 5.41) is 10.7. The molecule has 6 nitrogen and oxygen atoms in total. The van der Waals surface area contributed by atoms with Gasteiger partial charge in [-0.1, -0.05) is 81.9 Å². The Balaban J connectivity index is 0.00000480. The molecule has 0 saturated carbocycles. The Morgan fingerprint density at radius 3 is 1.04 bits per heavy atom. The van der Waals surface area contributed by atoms with Crippen molar-refractivity contribution in [1.82, 2.24) is 0 Å². The summed E-state index contributed by atoms with van der Waals surface area (Å²) < 4.78 is 0. The first kappa shape index (κ1) is 34.7. The van der Waals surface area contributed by atoms with E-state index in [0.717, 1.165) is 61.7 Å². The van der Waals surface area contributed by atoms with Crippen molar-refractivity contribution in [3.8, 4) is 44.5 Å². The van der Waals surface area contributed by atoms with Crippen LogP contribution in [0.1, 0.15) is 10.4 Å². The Morgan fingerprint density at radius 2 is 0.739 bits per heavy atom. The Labute approximate surface area is 298 Å². The van der Waals surface area contributed by atoms with E-state index in [4.69, 9.17) is 0 Å². The van der Waals surface area contributed by atoms with E-state index >= 15 is 0 Å². The van der Waals surface area contributed by atoms with Crippen LogP contribution >= 0.6 is 0 Å². The molecule has 0 spiro atoms. The van der Waals surface area contributed by atoms with Crippen LogP contribution < -0.4 is 19.6 Å². The van der Waals surface area contributed by atoms with Gasteiger partial charge in [-0.3, -0.25) is 4.79 Å². The Hall–Kier alpha value is -4.13. The van der Waals surface area contributed by atoms with E-state index in [1.54, 1.807) is 0 Å². The third-order valence-corrected chi connectivity index (χ3v) is 8.15. The maximum Gasteiger partial charge on any atom is 0.266 e. The summed E-state index contributed by atoms with van der Waals surface area (Å²) >= 11 is 0. The topological polar surface area (TPSA) is 50.3 Å². The Kier molecular flexibility index (Phi) is 11.0. The van der Waals surface area contributed by atoms with E-state index in [1.165, 1.54) is 0 Å². The third kappa shape index (κ3) is 7.14. The van der Waals surface area contributed by atoms with Crippen molar-refractivity contribution < 1.29 is 42.6 Å². The van der Waals surface area contributed by atoms with E-state index in [1.807, 2.05) is 85.5 Å². The van der Waals surface area contributed by atoms with E-state index in [2.05, 4.69) is 93.6 Å². The van der Waals surface area contributed by atoms with Crippen LogP contribution in [0.3, 0.4) is 0 Å². The summed E-state index contributed by atoms with van der Waals surface area (Å²) in [6.07, 6.45) is 0. The number of rotatable bonds is 9. The van der Waals surface area contributed by atoms with Crippen LogP contribution in [0.5, 0.6) is 0 Å². The molecule has 1 radical (unpaired) electrons. The fourth-order valence-electron chi connectivity index (χ4n) is 5.57. The predicted molar refractivity (Wildman–Crippen MR) is 191 cm³/mol. The van der Waals surface area contributed by atoms with Crippen molar-refractivity contribution in [2.24, 2.45) is 0 Å². The summed E-state index contributed by atoms with van der Waals surface area (Å²) in [5.74, 6) is -1.02. The molecule has 0 bridgehead atoms. The minimum Gasteiger partial charge on any atom is -0.512 e. The van der Waals surface area contributed by atoms with Crippen molar-refractivity contribution in [3.05, 3.63) is 109 Å². The van der Waals surface area contributed by atoms with Crippen LogP contribution in [0.25, 0.3) is 44.5 Å². The molecule has 0 unspecified atom stereocenters. The fraction of sp³-hybridized carbons (Fsp3) is 0.205. The SMILES string of the molecule is CN(C)c1ccc(-c2[c-]c(C(=O)O)c(-c3ccc(N(C)C)cc3)c(-c3ccc(N(C)C)cc3)c2-c2ccc(N(C)C)cc2)cc1.[Y]. The number of hydrogen-bond acceptors (Lipinski definition) is 5. The summed E-state index contributed by atoms with van der Waals surface area (Å²) in [4.78, 5) is 21.4. The number of aromatic carboxylic acids is 1. The number of carboxylic acid groups (broad SMARTS) is 1. The van der Waals surface area contributed by atoms with Gasteiger partial charge in [-0.15, -0.1) is 11.6 Å². The van der Waals surface area contributed by atoms with Crippen LogP contribution in [-0.2, 0) is 32.7 Å². The molecule has 1 N–H and O–H groups in total. The summed E-state index contributed by atoms with van der Waals surface area (Å²) in [7, 11) is 16.1. The number of carbonyl (C=O) groups is 1.